The summed E-state index contributed by atoms with van der Waals surface area (Å²) in [6, 6.07) is 2.41. The summed E-state index contributed by atoms with van der Waals surface area (Å²) in [5.41, 5.74) is 0.637. The molecule has 3 rings (SSSR count). The van der Waals surface area contributed by atoms with Crippen molar-refractivity contribution in [1.29, 1.82) is 0 Å². The molecule has 0 spiro atoms. The highest BCUT2D eigenvalue weighted by molar-refractivity contribution is 9.10. The van der Waals surface area contributed by atoms with Gasteiger partial charge in [-0.15, -0.1) is 0 Å². The van der Waals surface area contributed by atoms with E-state index in [2.05, 4.69) is 21.2 Å². The van der Waals surface area contributed by atoms with Crippen molar-refractivity contribution < 1.29 is 9.21 Å². The van der Waals surface area contributed by atoms with Gasteiger partial charge in [0.1, 0.15) is 0 Å². The van der Waals surface area contributed by atoms with Gasteiger partial charge in [-0.1, -0.05) is 0 Å². The van der Waals surface area contributed by atoms with Crippen LogP contribution in [0.2, 0.25) is 0 Å². The number of nitrogens with one attached hydrogen (secondary N) is 1. The molecule has 0 aliphatic carbocycles. The molecule has 2 fully saturated rings. The number of hydrogen-bond acceptors (Lipinski definition) is 3. The summed E-state index contributed by atoms with van der Waals surface area (Å²) in [5.74, 6) is 0.817. The van der Waals surface area contributed by atoms with Crippen LogP contribution in [0.15, 0.2) is 21.4 Å². The first-order valence-electron chi connectivity index (χ1n) is 7.01. The fraction of sp³-hybridized carbons (Fsp3) is 0.643. The molecular weight excluding hydrogens is 308 g/mol. The highest BCUT2D eigenvalue weighted by Gasteiger charge is 2.30. The fourth-order valence-corrected chi connectivity index (χ4v) is 3.64. The molecule has 104 valence electrons. The topological polar surface area (TPSA) is 45.5 Å². The third-order valence-electron chi connectivity index (χ3n) is 4.34. The summed E-state index contributed by atoms with van der Waals surface area (Å²) in [7, 11) is 0. The Morgan fingerprint density at radius 3 is 2.74 bits per heavy atom. The Morgan fingerprint density at radius 1 is 1.37 bits per heavy atom. The van der Waals surface area contributed by atoms with Crippen molar-refractivity contribution in [3.63, 3.8) is 0 Å². The van der Waals surface area contributed by atoms with E-state index >= 15 is 0 Å². The fourth-order valence-electron chi connectivity index (χ4n) is 3.24. The van der Waals surface area contributed by atoms with E-state index in [1.807, 2.05) is 4.90 Å². The van der Waals surface area contributed by atoms with Crippen LogP contribution in [-0.2, 0) is 0 Å². The molecular formula is C14H19BrN2O2. The van der Waals surface area contributed by atoms with Gasteiger partial charge in [-0.2, -0.15) is 0 Å². The summed E-state index contributed by atoms with van der Waals surface area (Å²) >= 11 is 3.28. The Bertz CT molecular complexity index is 446. The highest BCUT2D eigenvalue weighted by Crippen LogP contribution is 2.27. The summed E-state index contributed by atoms with van der Waals surface area (Å²) in [6.45, 7) is 2.88. The minimum atomic E-state index is 0.0819. The molecule has 1 N–H and O–H groups in total. The lowest BCUT2D eigenvalue weighted by molar-refractivity contribution is 0.0672. The minimum Gasteiger partial charge on any atom is -0.457 e. The van der Waals surface area contributed by atoms with Crippen molar-refractivity contribution in [2.45, 2.75) is 31.7 Å². The van der Waals surface area contributed by atoms with Gasteiger partial charge in [0.2, 0.25) is 0 Å². The van der Waals surface area contributed by atoms with E-state index in [9.17, 15) is 4.79 Å². The molecule has 1 amide bonds. The monoisotopic (exact) mass is 326 g/mol. The second-order valence-corrected chi connectivity index (χ2v) is 6.16. The Labute approximate surface area is 121 Å². The molecule has 2 aliphatic rings. The summed E-state index contributed by atoms with van der Waals surface area (Å²) in [5, 5.41) is 3.58. The summed E-state index contributed by atoms with van der Waals surface area (Å²) in [4.78, 5) is 14.3. The van der Waals surface area contributed by atoms with Crippen LogP contribution in [0.3, 0.4) is 0 Å². The van der Waals surface area contributed by atoms with Crippen molar-refractivity contribution in [2.75, 3.05) is 19.6 Å². The Kier molecular flexibility index (Phi) is 3.93. The lowest BCUT2D eigenvalue weighted by Gasteiger charge is -2.34. The number of piperidine rings is 1. The molecule has 1 aromatic heterocycles. The number of carbonyl (C=O) groups is 1. The summed E-state index contributed by atoms with van der Waals surface area (Å²) in [6.07, 6.45) is 6.36. The van der Waals surface area contributed by atoms with Crippen LogP contribution in [0.4, 0.5) is 0 Å². The molecule has 0 bridgehead atoms. The maximum atomic E-state index is 12.3. The van der Waals surface area contributed by atoms with Crippen LogP contribution in [0.5, 0.6) is 0 Å². The third-order valence-corrected chi connectivity index (χ3v) is 4.96. The SMILES string of the molecule is O=C(c1ccoc1Br)N1CCC(C2CCCN2)CC1. The highest BCUT2D eigenvalue weighted by atomic mass is 79.9. The molecule has 0 saturated carbocycles. The van der Waals surface area contributed by atoms with Gasteiger partial charge < -0.3 is 14.6 Å². The zero-order valence-electron chi connectivity index (χ0n) is 10.9. The standard InChI is InChI=1S/C14H19BrN2O2/c15-13-11(5-9-19-13)14(18)17-7-3-10(4-8-17)12-2-1-6-16-12/h5,9-10,12,16H,1-4,6-8H2. The number of rotatable bonds is 2. The Hall–Kier alpha value is -0.810. The number of carbonyl (C=O) groups excluding carboxylic acids is 1. The predicted molar refractivity (Wildman–Crippen MR) is 76.1 cm³/mol. The smallest absolute Gasteiger partial charge is 0.258 e. The second kappa shape index (κ2) is 5.67. The normalized spacial score (nSPS) is 24.9. The first kappa shape index (κ1) is 13.2. The first-order chi connectivity index (χ1) is 9.25. The zero-order chi connectivity index (χ0) is 13.2. The van der Waals surface area contributed by atoms with Crippen LogP contribution in [0.25, 0.3) is 0 Å². The van der Waals surface area contributed by atoms with Crippen molar-refractivity contribution in [3.05, 3.63) is 22.6 Å². The molecule has 0 radical (unpaired) electrons. The molecule has 1 atom stereocenters. The lowest BCUT2D eigenvalue weighted by atomic mass is 9.88. The molecule has 2 aliphatic heterocycles. The van der Waals surface area contributed by atoms with Gasteiger partial charge in [0.05, 0.1) is 11.8 Å². The van der Waals surface area contributed by atoms with Crippen LogP contribution in [0.1, 0.15) is 36.0 Å². The Morgan fingerprint density at radius 2 is 2.16 bits per heavy atom. The van der Waals surface area contributed by atoms with Crippen molar-refractivity contribution in [2.24, 2.45) is 5.92 Å². The number of hydrogen-bond donors (Lipinski definition) is 1. The number of halogens is 1. The maximum absolute atomic E-state index is 12.3. The molecule has 5 heteroatoms. The molecule has 19 heavy (non-hydrogen) atoms. The number of likely N-dealkylation sites (tertiary alicyclic amines) is 1. The number of nitrogens with zero attached hydrogens (tertiary/aromatic N) is 1. The van der Waals surface area contributed by atoms with Crippen molar-refractivity contribution in [3.8, 4) is 0 Å². The van der Waals surface area contributed by atoms with E-state index in [1.165, 1.54) is 12.8 Å². The molecule has 2 saturated heterocycles. The molecule has 3 heterocycles. The average Bonchev–Trinajstić information content (AvgIpc) is 3.09. The molecule has 0 aromatic carbocycles. The van der Waals surface area contributed by atoms with E-state index in [0.29, 0.717) is 16.3 Å². The van der Waals surface area contributed by atoms with Gasteiger partial charge in [-0.3, -0.25) is 4.79 Å². The van der Waals surface area contributed by atoms with Gasteiger partial charge in [0.15, 0.2) is 4.67 Å². The third kappa shape index (κ3) is 2.72. The summed E-state index contributed by atoms with van der Waals surface area (Å²) < 4.78 is 5.68. The van der Waals surface area contributed by atoms with Crippen LogP contribution in [0, 0.1) is 5.92 Å². The van der Waals surface area contributed by atoms with E-state index in [4.69, 9.17) is 4.42 Å². The van der Waals surface area contributed by atoms with Gasteiger partial charge in [-0.05, 0) is 60.1 Å². The largest absolute Gasteiger partial charge is 0.457 e. The Balaban J connectivity index is 1.58. The van der Waals surface area contributed by atoms with E-state index in [0.717, 1.165) is 38.4 Å². The van der Waals surface area contributed by atoms with E-state index in [-0.39, 0.29) is 5.91 Å². The first-order valence-corrected chi connectivity index (χ1v) is 7.80. The van der Waals surface area contributed by atoms with Crippen LogP contribution in [-0.4, -0.2) is 36.5 Å². The van der Waals surface area contributed by atoms with E-state index < -0.39 is 0 Å². The van der Waals surface area contributed by atoms with Gasteiger partial charge in [-0.25, -0.2) is 0 Å². The molecule has 4 nitrogen and oxygen atoms in total. The van der Waals surface area contributed by atoms with Gasteiger partial charge in [0, 0.05) is 19.1 Å². The average molecular weight is 327 g/mol. The predicted octanol–water partition coefficient (Wildman–Crippen LogP) is 2.65. The second-order valence-electron chi connectivity index (χ2n) is 5.44. The van der Waals surface area contributed by atoms with E-state index in [1.54, 1.807) is 12.3 Å². The lowest BCUT2D eigenvalue weighted by Crippen LogP contribution is -2.43. The zero-order valence-corrected chi connectivity index (χ0v) is 12.5. The van der Waals surface area contributed by atoms with Gasteiger partial charge in [0.25, 0.3) is 5.91 Å². The minimum absolute atomic E-state index is 0.0819. The maximum Gasteiger partial charge on any atom is 0.258 e. The molecule has 1 unspecified atom stereocenters. The number of amides is 1. The quantitative estimate of drug-likeness (QED) is 0.908. The molecule has 1 aromatic rings. The van der Waals surface area contributed by atoms with Crippen molar-refractivity contribution >= 4 is 21.8 Å². The van der Waals surface area contributed by atoms with Crippen LogP contribution < -0.4 is 5.32 Å². The van der Waals surface area contributed by atoms with Crippen molar-refractivity contribution in [1.82, 2.24) is 10.2 Å². The number of furan rings is 1. The van der Waals surface area contributed by atoms with Crippen LogP contribution >= 0.6 is 15.9 Å². The van der Waals surface area contributed by atoms with Gasteiger partial charge >= 0.3 is 0 Å².